The smallest absolute Gasteiger partial charge is 0.410 e. The number of carbonyl (C=O) groups is 1. The lowest BCUT2D eigenvalue weighted by Crippen LogP contribution is -2.31. The van der Waals surface area contributed by atoms with Gasteiger partial charge in [-0.05, 0) is 31.4 Å². The number of rotatable bonds is 4. The predicted molar refractivity (Wildman–Crippen MR) is 84.6 cm³/mol. The van der Waals surface area contributed by atoms with Crippen LogP contribution in [0.15, 0.2) is 24.3 Å². The Kier molecular flexibility index (Phi) is 4.39. The molecule has 0 bridgehead atoms. The van der Waals surface area contributed by atoms with Crippen LogP contribution in [0.2, 0.25) is 0 Å². The number of hydrogen-bond donors (Lipinski definition) is 0. The Morgan fingerprint density at radius 3 is 3.14 bits per heavy atom. The molecule has 0 saturated carbocycles. The molecule has 4 nitrogen and oxygen atoms in total. The molecule has 2 heterocycles. The van der Waals surface area contributed by atoms with Crippen molar-refractivity contribution in [2.24, 2.45) is 0 Å². The first-order chi connectivity index (χ1) is 10.3. The molecule has 1 atom stereocenters. The second kappa shape index (κ2) is 6.43. The summed E-state index contributed by atoms with van der Waals surface area (Å²) in [7, 11) is 0. The van der Waals surface area contributed by atoms with Crippen molar-refractivity contribution < 1.29 is 9.53 Å². The van der Waals surface area contributed by atoms with Crippen LogP contribution in [0.3, 0.4) is 0 Å². The van der Waals surface area contributed by atoms with Crippen LogP contribution in [0.1, 0.15) is 43.7 Å². The van der Waals surface area contributed by atoms with Gasteiger partial charge in [0.15, 0.2) is 0 Å². The monoisotopic (exact) mass is 304 g/mol. The van der Waals surface area contributed by atoms with Crippen molar-refractivity contribution in [2.75, 3.05) is 13.2 Å². The fraction of sp³-hybridized carbons (Fsp3) is 0.500. The van der Waals surface area contributed by atoms with Crippen LogP contribution < -0.4 is 0 Å². The molecule has 0 aliphatic carbocycles. The van der Waals surface area contributed by atoms with Gasteiger partial charge in [0.05, 0.1) is 22.9 Å². The lowest BCUT2D eigenvalue weighted by Gasteiger charge is -2.22. The third-order valence-electron chi connectivity index (χ3n) is 3.81. The third-order valence-corrected chi connectivity index (χ3v) is 4.94. The zero-order valence-electron chi connectivity index (χ0n) is 12.2. The molecule has 1 aliphatic heterocycles. The van der Waals surface area contributed by atoms with E-state index in [0.717, 1.165) is 42.8 Å². The van der Waals surface area contributed by atoms with E-state index < -0.39 is 0 Å². The number of unbranched alkanes of at least 4 members (excludes halogenated alkanes) is 1. The second-order valence-corrected chi connectivity index (χ2v) is 6.40. The molecule has 0 radical (unpaired) electrons. The molecule has 0 unspecified atom stereocenters. The highest BCUT2D eigenvalue weighted by Gasteiger charge is 2.33. The van der Waals surface area contributed by atoms with Crippen LogP contribution >= 0.6 is 11.3 Å². The first kappa shape index (κ1) is 14.3. The van der Waals surface area contributed by atoms with Gasteiger partial charge < -0.3 is 4.74 Å². The molecule has 1 aromatic heterocycles. The van der Waals surface area contributed by atoms with Crippen molar-refractivity contribution in [3.05, 3.63) is 29.3 Å². The van der Waals surface area contributed by atoms with Gasteiger partial charge in [-0.3, -0.25) is 4.90 Å². The SMILES string of the molecule is CCCCOC(=O)N1CCC[C@H]1c1nc2ccccc2s1. The number of carbonyl (C=O) groups excluding carboxylic acids is 1. The minimum Gasteiger partial charge on any atom is -0.449 e. The van der Waals surface area contributed by atoms with Gasteiger partial charge in [-0.2, -0.15) is 0 Å². The number of thiazole rings is 1. The van der Waals surface area contributed by atoms with E-state index in [1.165, 1.54) is 4.70 Å². The molecule has 0 N–H and O–H groups in total. The van der Waals surface area contributed by atoms with E-state index in [-0.39, 0.29) is 12.1 Å². The first-order valence-electron chi connectivity index (χ1n) is 7.58. The van der Waals surface area contributed by atoms with Crippen molar-refractivity contribution in [3.8, 4) is 0 Å². The summed E-state index contributed by atoms with van der Waals surface area (Å²) in [6.07, 6.45) is 3.76. The fourth-order valence-corrected chi connectivity index (χ4v) is 3.78. The van der Waals surface area contributed by atoms with Gasteiger partial charge in [-0.1, -0.05) is 25.5 Å². The van der Waals surface area contributed by atoms with Crippen molar-refractivity contribution in [1.29, 1.82) is 0 Å². The summed E-state index contributed by atoms with van der Waals surface area (Å²) in [6.45, 7) is 3.37. The minimum absolute atomic E-state index is 0.0801. The van der Waals surface area contributed by atoms with E-state index >= 15 is 0 Å². The van der Waals surface area contributed by atoms with E-state index in [2.05, 4.69) is 13.0 Å². The number of likely N-dealkylation sites (tertiary alicyclic amines) is 1. The number of aromatic nitrogens is 1. The van der Waals surface area contributed by atoms with E-state index in [0.29, 0.717) is 6.61 Å². The van der Waals surface area contributed by atoms with Crippen LogP contribution in [0.4, 0.5) is 4.79 Å². The highest BCUT2D eigenvalue weighted by molar-refractivity contribution is 7.18. The number of nitrogens with zero attached hydrogens (tertiary/aromatic N) is 2. The lowest BCUT2D eigenvalue weighted by atomic mass is 10.2. The Bertz CT molecular complexity index is 593. The van der Waals surface area contributed by atoms with E-state index in [9.17, 15) is 4.79 Å². The molecular weight excluding hydrogens is 284 g/mol. The van der Waals surface area contributed by atoms with Gasteiger partial charge in [0.25, 0.3) is 0 Å². The molecule has 1 saturated heterocycles. The van der Waals surface area contributed by atoms with Crippen LogP contribution in [0.5, 0.6) is 0 Å². The number of benzene rings is 1. The Morgan fingerprint density at radius 2 is 2.33 bits per heavy atom. The third kappa shape index (κ3) is 3.02. The zero-order chi connectivity index (χ0) is 14.7. The molecular formula is C16H20N2O2S. The summed E-state index contributed by atoms with van der Waals surface area (Å²) in [4.78, 5) is 18.7. The predicted octanol–water partition coefficient (Wildman–Crippen LogP) is 4.37. The summed E-state index contributed by atoms with van der Waals surface area (Å²) in [5.41, 5.74) is 1.02. The Labute approximate surface area is 128 Å². The molecule has 1 fully saturated rings. The van der Waals surface area contributed by atoms with E-state index in [1.807, 2.05) is 23.1 Å². The summed E-state index contributed by atoms with van der Waals surface area (Å²) in [6, 6.07) is 8.20. The summed E-state index contributed by atoms with van der Waals surface area (Å²) in [5.74, 6) is 0. The van der Waals surface area contributed by atoms with Crippen molar-refractivity contribution in [2.45, 2.75) is 38.6 Å². The molecule has 1 aliphatic rings. The highest BCUT2D eigenvalue weighted by Crippen LogP contribution is 2.36. The van der Waals surface area contributed by atoms with Gasteiger partial charge >= 0.3 is 6.09 Å². The molecule has 2 aromatic rings. The van der Waals surface area contributed by atoms with E-state index in [1.54, 1.807) is 11.3 Å². The average molecular weight is 304 g/mol. The standard InChI is InChI=1S/C16H20N2O2S/c1-2-3-11-20-16(19)18-10-6-8-13(18)15-17-12-7-4-5-9-14(12)21-15/h4-5,7,9,13H,2-3,6,8,10-11H2,1H3/t13-/m0/s1. The topological polar surface area (TPSA) is 42.4 Å². The van der Waals surface area contributed by atoms with Gasteiger partial charge in [-0.25, -0.2) is 9.78 Å². The summed E-state index contributed by atoms with van der Waals surface area (Å²) < 4.78 is 6.54. The number of para-hydroxylation sites is 1. The van der Waals surface area contributed by atoms with Crippen molar-refractivity contribution in [1.82, 2.24) is 9.88 Å². The van der Waals surface area contributed by atoms with Gasteiger partial charge in [0, 0.05) is 6.54 Å². The fourth-order valence-electron chi connectivity index (χ4n) is 2.66. The number of hydrogen-bond acceptors (Lipinski definition) is 4. The molecule has 5 heteroatoms. The maximum atomic E-state index is 12.2. The lowest BCUT2D eigenvalue weighted by molar-refractivity contribution is 0.0968. The van der Waals surface area contributed by atoms with Crippen LogP contribution in [-0.2, 0) is 4.74 Å². The summed E-state index contributed by atoms with van der Waals surface area (Å²) >= 11 is 1.68. The second-order valence-electron chi connectivity index (χ2n) is 5.34. The first-order valence-corrected chi connectivity index (χ1v) is 8.40. The highest BCUT2D eigenvalue weighted by atomic mass is 32.1. The minimum atomic E-state index is -0.190. The Hall–Kier alpha value is -1.62. The molecule has 3 rings (SSSR count). The van der Waals surface area contributed by atoms with Gasteiger partial charge in [-0.15, -0.1) is 11.3 Å². The zero-order valence-corrected chi connectivity index (χ0v) is 13.1. The van der Waals surface area contributed by atoms with Crippen LogP contribution in [-0.4, -0.2) is 29.1 Å². The van der Waals surface area contributed by atoms with Crippen molar-refractivity contribution in [3.63, 3.8) is 0 Å². The molecule has 0 spiro atoms. The molecule has 1 aromatic carbocycles. The maximum Gasteiger partial charge on any atom is 0.410 e. The Morgan fingerprint density at radius 1 is 1.48 bits per heavy atom. The van der Waals surface area contributed by atoms with Gasteiger partial charge in [0.1, 0.15) is 5.01 Å². The van der Waals surface area contributed by atoms with Crippen LogP contribution in [0.25, 0.3) is 10.2 Å². The van der Waals surface area contributed by atoms with Crippen LogP contribution in [0, 0.1) is 0 Å². The number of ether oxygens (including phenoxy) is 1. The number of amides is 1. The molecule has 21 heavy (non-hydrogen) atoms. The average Bonchev–Trinajstić information content (AvgIpc) is 3.13. The molecule has 1 amide bonds. The maximum absolute atomic E-state index is 12.2. The van der Waals surface area contributed by atoms with Gasteiger partial charge in [0.2, 0.25) is 0 Å². The number of fused-ring (bicyclic) bond motifs is 1. The normalized spacial score (nSPS) is 18.3. The summed E-state index contributed by atoms with van der Waals surface area (Å²) in [5, 5.41) is 1.03. The largest absolute Gasteiger partial charge is 0.449 e. The van der Waals surface area contributed by atoms with Crippen molar-refractivity contribution >= 4 is 27.6 Å². The Balaban J connectivity index is 1.75. The van der Waals surface area contributed by atoms with E-state index in [4.69, 9.17) is 9.72 Å². The quantitative estimate of drug-likeness (QED) is 0.788. The molecule has 112 valence electrons.